The van der Waals surface area contributed by atoms with Crippen molar-refractivity contribution in [2.45, 2.75) is 38.1 Å². The van der Waals surface area contributed by atoms with Crippen LogP contribution in [0.4, 0.5) is 0 Å². The number of aliphatic hydroxyl groups is 1. The Bertz CT molecular complexity index is 271. The first-order chi connectivity index (χ1) is 6.86. The third-order valence-corrected chi connectivity index (χ3v) is 2.72. The lowest BCUT2D eigenvalue weighted by Crippen LogP contribution is -2.22. The van der Waals surface area contributed by atoms with Gasteiger partial charge >= 0.3 is 0 Å². The van der Waals surface area contributed by atoms with Gasteiger partial charge in [0.2, 0.25) is 0 Å². The van der Waals surface area contributed by atoms with E-state index in [-0.39, 0.29) is 12.2 Å². The van der Waals surface area contributed by atoms with Gasteiger partial charge in [-0.05, 0) is 24.8 Å². The molecule has 0 amide bonds. The molecule has 76 valence electrons. The number of aliphatic hydroxyl groups excluding tert-OH is 1. The lowest BCUT2D eigenvalue weighted by molar-refractivity contribution is -0.0273. The summed E-state index contributed by atoms with van der Waals surface area (Å²) in [5.74, 6) is 0. The first kappa shape index (κ1) is 9.69. The van der Waals surface area contributed by atoms with Crippen molar-refractivity contribution < 1.29 is 9.84 Å². The summed E-state index contributed by atoms with van der Waals surface area (Å²) in [7, 11) is 0. The largest absolute Gasteiger partial charge is 0.390 e. The van der Waals surface area contributed by atoms with Gasteiger partial charge in [0.25, 0.3) is 0 Å². The van der Waals surface area contributed by atoms with E-state index in [1.165, 1.54) is 5.56 Å². The Kier molecular flexibility index (Phi) is 3.17. The molecule has 1 aliphatic carbocycles. The third kappa shape index (κ3) is 2.34. The second-order valence-corrected chi connectivity index (χ2v) is 3.83. The zero-order valence-electron chi connectivity index (χ0n) is 8.23. The van der Waals surface area contributed by atoms with Crippen molar-refractivity contribution in [1.82, 2.24) is 0 Å². The van der Waals surface area contributed by atoms with Gasteiger partial charge in [-0.3, -0.25) is 0 Å². The molecule has 1 saturated carbocycles. The van der Waals surface area contributed by atoms with E-state index in [1.54, 1.807) is 0 Å². The van der Waals surface area contributed by atoms with Crippen LogP contribution in [0.5, 0.6) is 0 Å². The van der Waals surface area contributed by atoms with Crippen LogP contribution in [0.15, 0.2) is 30.3 Å². The van der Waals surface area contributed by atoms with E-state index in [9.17, 15) is 5.11 Å². The molecular formula is C12H16O2. The Morgan fingerprint density at radius 3 is 2.64 bits per heavy atom. The molecule has 0 aliphatic heterocycles. The van der Waals surface area contributed by atoms with Crippen LogP contribution in [0.25, 0.3) is 0 Å². The standard InChI is InChI=1S/C12H16O2/c13-11-7-4-8-12(11)14-9-10-5-2-1-3-6-10/h1-3,5-6,11-13H,4,7-9H2. The number of benzene rings is 1. The minimum absolute atomic E-state index is 0.0511. The van der Waals surface area contributed by atoms with Crippen molar-refractivity contribution >= 4 is 0 Å². The number of ether oxygens (including phenoxy) is 1. The first-order valence-electron chi connectivity index (χ1n) is 5.20. The SMILES string of the molecule is OC1CCCC1OCc1ccccc1. The molecule has 2 nitrogen and oxygen atoms in total. The summed E-state index contributed by atoms with van der Waals surface area (Å²) >= 11 is 0. The summed E-state index contributed by atoms with van der Waals surface area (Å²) in [6.45, 7) is 0.614. The minimum Gasteiger partial charge on any atom is -0.390 e. The van der Waals surface area contributed by atoms with Crippen molar-refractivity contribution in [2.75, 3.05) is 0 Å². The second-order valence-electron chi connectivity index (χ2n) is 3.83. The zero-order valence-corrected chi connectivity index (χ0v) is 8.23. The van der Waals surface area contributed by atoms with Crippen molar-refractivity contribution in [3.8, 4) is 0 Å². The highest BCUT2D eigenvalue weighted by molar-refractivity contribution is 5.13. The van der Waals surface area contributed by atoms with Gasteiger partial charge in [0, 0.05) is 0 Å². The van der Waals surface area contributed by atoms with Crippen LogP contribution < -0.4 is 0 Å². The summed E-state index contributed by atoms with van der Waals surface area (Å²) in [5, 5.41) is 9.54. The van der Waals surface area contributed by atoms with E-state index in [1.807, 2.05) is 30.3 Å². The van der Waals surface area contributed by atoms with E-state index in [4.69, 9.17) is 4.74 Å². The number of rotatable bonds is 3. The maximum absolute atomic E-state index is 9.54. The van der Waals surface area contributed by atoms with Crippen LogP contribution in [0.1, 0.15) is 24.8 Å². The highest BCUT2D eigenvalue weighted by atomic mass is 16.5. The summed E-state index contributed by atoms with van der Waals surface area (Å²) in [5.41, 5.74) is 1.17. The van der Waals surface area contributed by atoms with Crippen LogP contribution in [0.2, 0.25) is 0 Å². The summed E-state index contributed by atoms with van der Waals surface area (Å²) in [6, 6.07) is 10.1. The van der Waals surface area contributed by atoms with Crippen molar-refractivity contribution in [3.05, 3.63) is 35.9 Å². The smallest absolute Gasteiger partial charge is 0.0838 e. The lowest BCUT2D eigenvalue weighted by atomic mass is 10.2. The molecule has 0 bridgehead atoms. The highest BCUT2D eigenvalue weighted by Crippen LogP contribution is 2.22. The Balaban J connectivity index is 1.82. The molecule has 1 fully saturated rings. The molecule has 2 unspecified atom stereocenters. The molecule has 0 heterocycles. The van der Waals surface area contributed by atoms with Crippen molar-refractivity contribution in [2.24, 2.45) is 0 Å². The second kappa shape index (κ2) is 4.58. The van der Waals surface area contributed by atoms with Gasteiger partial charge in [-0.25, -0.2) is 0 Å². The molecule has 2 heteroatoms. The van der Waals surface area contributed by atoms with E-state index >= 15 is 0 Å². The maximum atomic E-state index is 9.54. The van der Waals surface area contributed by atoms with Crippen LogP contribution >= 0.6 is 0 Å². The molecule has 1 N–H and O–H groups in total. The Morgan fingerprint density at radius 1 is 1.21 bits per heavy atom. The van der Waals surface area contributed by atoms with Gasteiger partial charge in [0.05, 0.1) is 18.8 Å². The summed E-state index contributed by atoms with van der Waals surface area (Å²) < 4.78 is 5.65. The quantitative estimate of drug-likeness (QED) is 0.794. The van der Waals surface area contributed by atoms with Crippen LogP contribution in [0, 0.1) is 0 Å². The third-order valence-electron chi connectivity index (χ3n) is 2.72. The fourth-order valence-electron chi connectivity index (χ4n) is 1.88. The van der Waals surface area contributed by atoms with E-state index in [0.29, 0.717) is 6.61 Å². The number of hydrogen-bond donors (Lipinski definition) is 1. The molecule has 1 aromatic rings. The fraction of sp³-hybridized carbons (Fsp3) is 0.500. The number of hydrogen-bond acceptors (Lipinski definition) is 2. The van der Waals surface area contributed by atoms with E-state index < -0.39 is 0 Å². The molecular weight excluding hydrogens is 176 g/mol. The average molecular weight is 192 g/mol. The molecule has 1 aliphatic rings. The highest BCUT2D eigenvalue weighted by Gasteiger charge is 2.25. The Morgan fingerprint density at radius 2 is 2.00 bits per heavy atom. The van der Waals surface area contributed by atoms with Gasteiger partial charge in [0.1, 0.15) is 0 Å². The Hall–Kier alpha value is -0.860. The van der Waals surface area contributed by atoms with Gasteiger partial charge in [-0.15, -0.1) is 0 Å². The minimum atomic E-state index is -0.251. The lowest BCUT2D eigenvalue weighted by Gasteiger charge is -2.15. The van der Waals surface area contributed by atoms with Crippen molar-refractivity contribution in [3.63, 3.8) is 0 Å². The van der Waals surface area contributed by atoms with Gasteiger partial charge in [0.15, 0.2) is 0 Å². The van der Waals surface area contributed by atoms with E-state index in [0.717, 1.165) is 19.3 Å². The molecule has 0 radical (unpaired) electrons. The predicted octanol–water partition coefficient (Wildman–Crippen LogP) is 2.12. The van der Waals surface area contributed by atoms with Gasteiger partial charge < -0.3 is 9.84 Å². The molecule has 0 saturated heterocycles. The monoisotopic (exact) mass is 192 g/mol. The summed E-state index contributed by atoms with van der Waals surface area (Å²) in [4.78, 5) is 0. The maximum Gasteiger partial charge on any atom is 0.0838 e. The first-order valence-corrected chi connectivity index (χ1v) is 5.20. The van der Waals surface area contributed by atoms with Gasteiger partial charge in [-0.1, -0.05) is 30.3 Å². The average Bonchev–Trinajstić information content (AvgIpc) is 2.63. The summed E-state index contributed by atoms with van der Waals surface area (Å²) in [6.07, 6.45) is 2.77. The van der Waals surface area contributed by atoms with Gasteiger partial charge in [-0.2, -0.15) is 0 Å². The normalized spacial score (nSPS) is 26.6. The molecule has 1 aromatic carbocycles. The van der Waals surface area contributed by atoms with E-state index in [2.05, 4.69) is 0 Å². The molecule has 0 spiro atoms. The van der Waals surface area contributed by atoms with Crippen LogP contribution in [-0.2, 0) is 11.3 Å². The van der Waals surface area contributed by atoms with Crippen LogP contribution in [0.3, 0.4) is 0 Å². The molecule has 14 heavy (non-hydrogen) atoms. The van der Waals surface area contributed by atoms with Crippen LogP contribution in [-0.4, -0.2) is 17.3 Å². The zero-order chi connectivity index (χ0) is 9.80. The topological polar surface area (TPSA) is 29.5 Å². The fourth-order valence-corrected chi connectivity index (χ4v) is 1.88. The predicted molar refractivity (Wildman–Crippen MR) is 54.9 cm³/mol. The van der Waals surface area contributed by atoms with Crippen molar-refractivity contribution in [1.29, 1.82) is 0 Å². The molecule has 2 rings (SSSR count). The molecule has 0 aromatic heterocycles. The molecule has 2 atom stereocenters. The Labute approximate surface area is 84.5 Å².